The second kappa shape index (κ2) is 7.96. The molecule has 8 nitrogen and oxygen atoms in total. The minimum Gasteiger partial charge on any atom is -0.506 e. The molecule has 2 aromatic rings. The van der Waals surface area contributed by atoms with Gasteiger partial charge in [0.15, 0.2) is 9.84 Å². The van der Waals surface area contributed by atoms with Crippen LogP contribution in [0.25, 0.3) is 0 Å². The number of amides is 2. The molecule has 2 amide bonds. The molecular formula is C17H20N2O6S. The molecule has 0 saturated carbocycles. The summed E-state index contributed by atoms with van der Waals surface area (Å²) >= 11 is 0. The van der Waals surface area contributed by atoms with Crippen molar-refractivity contribution >= 4 is 27.2 Å². The average molecular weight is 380 g/mol. The van der Waals surface area contributed by atoms with Gasteiger partial charge >= 0.3 is 6.03 Å². The van der Waals surface area contributed by atoms with Crippen LogP contribution in [0.5, 0.6) is 17.2 Å². The Morgan fingerprint density at radius 2 is 1.73 bits per heavy atom. The number of aromatic hydroxyl groups is 1. The van der Waals surface area contributed by atoms with Crippen LogP contribution in [0, 0.1) is 0 Å². The van der Waals surface area contributed by atoms with Crippen molar-refractivity contribution in [1.82, 2.24) is 0 Å². The number of hydrogen-bond donors (Lipinski definition) is 3. The minimum absolute atomic E-state index is 0.00938. The van der Waals surface area contributed by atoms with Gasteiger partial charge in [0.2, 0.25) is 0 Å². The first-order chi connectivity index (χ1) is 12.3. The molecule has 2 rings (SSSR count). The zero-order valence-electron chi connectivity index (χ0n) is 14.6. The van der Waals surface area contributed by atoms with E-state index in [1.807, 2.05) is 0 Å². The van der Waals surface area contributed by atoms with Crippen LogP contribution in [0.3, 0.4) is 0 Å². The third kappa shape index (κ3) is 4.37. The van der Waals surface area contributed by atoms with Crippen molar-refractivity contribution in [3.8, 4) is 17.2 Å². The number of anilines is 2. The minimum atomic E-state index is -3.47. The molecule has 0 unspecified atom stereocenters. The highest BCUT2D eigenvalue weighted by molar-refractivity contribution is 7.91. The highest BCUT2D eigenvalue weighted by Gasteiger charge is 2.16. The van der Waals surface area contributed by atoms with Crippen LogP contribution >= 0.6 is 0 Å². The molecule has 0 aromatic heterocycles. The standard InChI is InChI=1S/C17H20N2O6S/c1-4-26(22,23)12-6-8-15(20)14(10-12)19-17(21)18-13-7-5-11(24-2)9-16(13)25-3/h5-10,20H,4H2,1-3H3,(H2,18,19,21). The molecule has 2 aromatic carbocycles. The predicted octanol–water partition coefficient (Wildman–Crippen LogP) is 2.85. The maximum atomic E-state index is 12.2. The van der Waals surface area contributed by atoms with E-state index in [0.717, 1.165) is 0 Å². The van der Waals surface area contributed by atoms with E-state index in [1.165, 1.54) is 39.3 Å². The number of carbonyl (C=O) groups is 1. The topological polar surface area (TPSA) is 114 Å². The molecule has 140 valence electrons. The molecule has 0 aliphatic heterocycles. The maximum Gasteiger partial charge on any atom is 0.323 e. The third-order valence-corrected chi connectivity index (χ3v) is 5.34. The number of urea groups is 1. The fourth-order valence-electron chi connectivity index (χ4n) is 2.15. The average Bonchev–Trinajstić information content (AvgIpc) is 2.63. The number of nitrogens with one attached hydrogen (secondary N) is 2. The van der Waals surface area contributed by atoms with E-state index >= 15 is 0 Å². The highest BCUT2D eigenvalue weighted by Crippen LogP contribution is 2.30. The summed E-state index contributed by atoms with van der Waals surface area (Å²) in [5, 5.41) is 14.9. The highest BCUT2D eigenvalue weighted by atomic mass is 32.2. The van der Waals surface area contributed by atoms with Gasteiger partial charge in [0.05, 0.1) is 36.2 Å². The molecule has 0 saturated heterocycles. The Balaban J connectivity index is 2.22. The Labute approximate surface area is 151 Å². The lowest BCUT2D eigenvalue weighted by Crippen LogP contribution is -2.20. The Kier molecular flexibility index (Phi) is 5.93. The maximum absolute atomic E-state index is 12.2. The number of phenols is 1. The van der Waals surface area contributed by atoms with Crippen LogP contribution in [0.2, 0.25) is 0 Å². The number of hydrogen-bond acceptors (Lipinski definition) is 6. The number of sulfone groups is 1. The molecule has 0 spiro atoms. The Hall–Kier alpha value is -2.94. The van der Waals surface area contributed by atoms with E-state index in [1.54, 1.807) is 18.2 Å². The van der Waals surface area contributed by atoms with Gasteiger partial charge in [-0.05, 0) is 30.3 Å². The van der Waals surface area contributed by atoms with Gasteiger partial charge in [0, 0.05) is 6.07 Å². The van der Waals surface area contributed by atoms with Gasteiger partial charge in [-0.15, -0.1) is 0 Å². The summed E-state index contributed by atoms with van der Waals surface area (Å²) in [6.45, 7) is 1.51. The van der Waals surface area contributed by atoms with E-state index in [2.05, 4.69) is 10.6 Å². The summed E-state index contributed by atoms with van der Waals surface area (Å²) in [6, 6.07) is 7.87. The lowest BCUT2D eigenvalue weighted by molar-refractivity contribution is 0.262. The SMILES string of the molecule is CCS(=O)(=O)c1ccc(O)c(NC(=O)Nc2ccc(OC)cc2OC)c1. The molecule has 0 aliphatic rings. The molecule has 0 heterocycles. The summed E-state index contributed by atoms with van der Waals surface area (Å²) in [5.41, 5.74) is 0.354. The van der Waals surface area contributed by atoms with Gasteiger partial charge in [0.1, 0.15) is 17.2 Å². The van der Waals surface area contributed by atoms with E-state index in [-0.39, 0.29) is 22.1 Å². The Morgan fingerprint density at radius 3 is 2.35 bits per heavy atom. The monoisotopic (exact) mass is 380 g/mol. The fraction of sp³-hybridized carbons (Fsp3) is 0.235. The summed E-state index contributed by atoms with van der Waals surface area (Å²) in [5.74, 6) is 0.595. The normalized spacial score (nSPS) is 10.9. The van der Waals surface area contributed by atoms with Gasteiger partial charge in [-0.3, -0.25) is 0 Å². The second-order valence-corrected chi connectivity index (χ2v) is 7.51. The Bertz CT molecular complexity index is 911. The van der Waals surface area contributed by atoms with Crippen molar-refractivity contribution in [2.24, 2.45) is 0 Å². The molecule has 0 aliphatic carbocycles. The predicted molar refractivity (Wildman–Crippen MR) is 98.0 cm³/mol. The van der Waals surface area contributed by atoms with Gasteiger partial charge in [-0.1, -0.05) is 6.92 Å². The molecule has 26 heavy (non-hydrogen) atoms. The number of methoxy groups -OCH3 is 2. The van der Waals surface area contributed by atoms with E-state index in [4.69, 9.17) is 9.47 Å². The zero-order chi connectivity index (χ0) is 19.3. The first kappa shape index (κ1) is 19.4. The van der Waals surface area contributed by atoms with Crippen molar-refractivity contribution in [3.63, 3.8) is 0 Å². The number of benzene rings is 2. The van der Waals surface area contributed by atoms with Gasteiger partial charge < -0.3 is 25.2 Å². The summed E-state index contributed by atoms with van der Waals surface area (Å²) < 4.78 is 34.2. The van der Waals surface area contributed by atoms with Crippen LogP contribution in [-0.4, -0.2) is 39.5 Å². The summed E-state index contributed by atoms with van der Waals surface area (Å²) in [6.07, 6.45) is 0. The zero-order valence-corrected chi connectivity index (χ0v) is 15.4. The molecule has 0 bridgehead atoms. The summed E-state index contributed by atoms with van der Waals surface area (Å²) in [7, 11) is -0.511. The van der Waals surface area contributed by atoms with Crippen molar-refractivity contribution in [1.29, 1.82) is 0 Å². The van der Waals surface area contributed by atoms with Crippen molar-refractivity contribution in [2.75, 3.05) is 30.6 Å². The van der Waals surface area contributed by atoms with E-state index in [9.17, 15) is 18.3 Å². The first-order valence-corrected chi connectivity index (χ1v) is 9.31. The first-order valence-electron chi connectivity index (χ1n) is 7.66. The number of phenolic OH excluding ortho intramolecular Hbond substituents is 1. The summed E-state index contributed by atoms with van der Waals surface area (Å²) in [4.78, 5) is 12.2. The quantitative estimate of drug-likeness (QED) is 0.664. The van der Waals surface area contributed by atoms with Crippen molar-refractivity contribution < 1.29 is 27.8 Å². The lowest BCUT2D eigenvalue weighted by atomic mass is 10.2. The molecule has 3 N–H and O–H groups in total. The number of carbonyl (C=O) groups excluding carboxylic acids is 1. The molecule has 0 radical (unpaired) electrons. The second-order valence-electron chi connectivity index (χ2n) is 5.23. The van der Waals surface area contributed by atoms with Crippen molar-refractivity contribution in [3.05, 3.63) is 36.4 Å². The van der Waals surface area contributed by atoms with Crippen LogP contribution in [-0.2, 0) is 9.84 Å². The lowest BCUT2D eigenvalue weighted by Gasteiger charge is -2.13. The number of rotatable bonds is 6. The van der Waals surface area contributed by atoms with Gasteiger partial charge in [-0.2, -0.15) is 0 Å². The van der Waals surface area contributed by atoms with E-state index < -0.39 is 15.9 Å². The number of ether oxygens (including phenoxy) is 2. The molecular weight excluding hydrogens is 360 g/mol. The molecule has 0 fully saturated rings. The van der Waals surface area contributed by atoms with Gasteiger partial charge in [-0.25, -0.2) is 13.2 Å². The smallest absolute Gasteiger partial charge is 0.323 e. The third-order valence-electron chi connectivity index (χ3n) is 3.61. The van der Waals surface area contributed by atoms with Crippen LogP contribution in [0.4, 0.5) is 16.2 Å². The molecule has 0 atom stereocenters. The Morgan fingerprint density at radius 1 is 1.04 bits per heavy atom. The molecule has 9 heteroatoms. The van der Waals surface area contributed by atoms with E-state index in [0.29, 0.717) is 17.2 Å². The van der Waals surface area contributed by atoms with Crippen LogP contribution in [0.1, 0.15) is 6.92 Å². The van der Waals surface area contributed by atoms with Crippen LogP contribution < -0.4 is 20.1 Å². The van der Waals surface area contributed by atoms with Crippen molar-refractivity contribution in [2.45, 2.75) is 11.8 Å². The van der Waals surface area contributed by atoms with Gasteiger partial charge in [0.25, 0.3) is 0 Å². The van der Waals surface area contributed by atoms with Crippen LogP contribution in [0.15, 0.2) is 41.3 Å². The fourth-order valence-corrected chi connectivity index (χ4v) is 3.06. The largest absolute Gasteiger partial charge is 0.506 e.